The predicted molar refractivity (Wildman–Crippen MR) is 93.7 cm³/mol. The number of aliphatic hydroxyl groups excluding tert-OH is 1. The molecule has 1 unspecified atom stereocenters. The third-order valence-electron chi connectivity index (χ3n) is 7.62. The van der Waals surface area contributed by atoms with E-state index in [1.807, 2.05) is 6.92 Å². The lowest BCUT2D eigenvalue weighted by molar-refractivity contribution is 0.0396. The zero-order valence-corrected chi connectivity index (χ0v) is 15.0. The van der Waals surface area contributed by atoms with Crippen molar-refractivity contribution < 1.29 is 5.11 Å². The van der Waals surface area contributed by atoms with Gasteiger partial charge < -0.3 is 5.11 Å². The molecule has 1 nitrogen and oxygen atoms in total. The Balaban J connectivity index is 1.47. The monoisotopic (exact) mass is 306 g/mol. The van der Waals surface area contributed by atoms with Crippen molar-refractivity contribution in [3.05, 3.63) is 0 Å². The van der Waals surface area contributed by atoms with Gasteiger partial charge in [-0.05, 0) is 100 Å². The van der Waals surface area contributed by atoms with Crippen LogP contribution >= 0.6 is 0 Å². The summed E-state index contributed by atoms with van der Waals surface area (Å²) in [5, 5.41) is 9.80. The third kappa shape index (κ3) is 3.89. The first-order valence-corrected chi connectivity index (χ1v) is 10.3. The Bertz CT molecular complexity index is 329. The van der Waals surface area contributed by atoms with Crippen LogP contribution in [0.2, 0.25) is 0 Å². The zero-order chi connectivity index (χ0) is 15.5. The normalized spacial score (nSPS) is 44.3. The minimum atomic E-state index is -0.0782. The molecule has 3 fully saturated rings. The zero-order valence-electron chi connectivity index (χ0n) is 15.0. The van der Waals surface area contributed by atoms with Gasteiger partial charge in [0.25, 0.3) is 0 Å². The van der Waals surface area contributed by atoms with E-state index in [1.54, 1.807) is 12.8 Å². The molecule has 3 aliphatic rings. The van der Waals surface area contributed by atoms with Crippen molar-refractivity contribution in [1.82, 2.24) is 0 Å². The number of hydrogen-bond donors (Lipinski definition) is 1. The van der Waals surface area contributed by atoms with Crippen molar-refractivity contribution in [2.45, 2.75) is 97.0 Å². The fourth-order valence-electron chi connectivity index (χ4n) is 6.22. The van der Waals surface area contributed by atoms with Gasteiger partial charge in [-0.2, -0.15) is 0 Å². The maximum absolute atomic E-state index is 9.80. The van der Waals surface area contributed by atoms with Gasteiger partial charge in [-0.3, -0.25) is 0 Å². The molecule has 5 atom stereocenters. The van der Waals surface area contributed by atoms with Crippen LogP contribution in [0.15, 0.2) is 0 Å². The SMILES string of the molecule is CCC[C@H]1CC[C@@H]2C[C@H](C3CCC(C(C)O)CC3)CC[C@H]2C1. The summed E-state index contributed by atoms with van der Waals surface area (Å²) in [6, 6.07) is 0. The first-order chi connectivity index (χ1) is 10.7. The van der Waals surface area contributed by atoms with Gasteiger partial charge in [0.2, 0.25) is 0 Å². The van der Waals surface area contributed by atoms with E-state index in [0.717, 1.165) is 29.6 Å². The highest BCUT2D eigenvalue weighted by Gasteiger charge is 2.38. The maximum atomic E-state index is 9.80. The van der Waals surface area contributed by atoms with Gasteiger partial charge in [-0.15, -0.1) is 0 Å². The lowest BCUT2D eigenvalue weighted by Crippen LogP contribution is -2.35. The summed E-state index contributed by atoms with van der Waals surface area (Å²) in [4.78, 5) is 0. The van der Waals surface area contributed by atoms with Gasteiger partial charge in [0.15, 0.2) is 0 Å². The summed E-state index contributed by atoms with van der Waals surface area (Å²) < 4.78 is 0. The Morgan fingerprint density at radius 2 is 1.32 bits per heavy atom. The Kier molecular flexibility index (Phi) is 5.87. The number of hydrogen-bond acceptors (Lipinski definition) is 1. The molecule has 0 amide bonds. The largest absolute Gasteiger partial charge is 0.393 e. The number of rotatable bonds is 4. The molecular formula is C21H38O. The summed E-state index contributed by atoms with van der Waals surface area (Å²) in [5.41, 5.74) is 0. The van der Waals surface area contributed by atoms with E-state index in [-0.39, 0.29) is 6.10 Å². The second-order valence-corrected chi connectivity index (χ2v) is 8.98. The molecule has 0 spiro atoms. The molecule has 22 heavy (non-hydrogen) atoms. The van der Waals surface area contributed by atoms with Crippen LogP contribution in [0.4, 0.5) is 0 Å². The fourth-order valence-corrected chi connectivity index (χ4v) is 6.22. The topological polar surface area (TPSA) is 20.2 Å². The minimum Gasteiger partial charge on any atom is -0.393 e. The van der Waals surface area contributed by atoms with Crippen molar-refractivity contribution in [1.29, 1.82) is 0 Å². The molecule has 3 aliphatic carbocycles. The summed E-state index contributed by atoms with van der Waals surface area (Å²) in [5.74, 6) is 5.82. The molecule has 1 N–H and O–H groups in total. The Morgan fingerprint density at radius 3 is 1.95 bits per heavy atom. The van der Waals surface area contributed by atoms with Gasteiger partial charge in [-0.1, -0.05) is 26.2 Å². The summed E-state index contributed by atoms with van der Waals surface area (Å²) in [6.07, 6.45) is 17.4. The molecule has 0 aromatic rings. The van der Waals surface area contributed by atoms with Crippen LogP contribution in [0.1, 0.15) is 90.9 Å². The molecule has 3 rings (SSSR count). The predicted octanol–water partition coefficient (Wildman–Crippen LogP) is 5.81. The highest BCUT2D eigenvalue weighted by atomic mass is 16.3. The average molecular weight is 307 g/mol. The molecule has 128 valence electrons. The molecular weight excluding hydrogens is 268 g/mol. The lowest BCUT2D eigenvalue weighted by Gasteiger charge is -2.45. The summed E-state index contributed by atoms with van der Waals surface area (Å²) >= 11 is 0. The van der Waals surface area contributed by atoms with E-state index in [0.29, 0.717) is 5.92 Å². The van der Waals surface area contributed by atoms with E-state index in [1.165, 1.54) is 64.2 Å². The Labute approximate surface area is 138 Å². The second kappa shape index (κ2) is 7.69. The van der Waals surface area contributed by atoms with Crippen LogP contribution in [-0.2, 0) is 0 Å². The van der Waals surface area contributed by atoms with Crippen LogP contribution in [0.25, 0.3) is 0 Å². The summed E-state index contributed by atoms with van der Waals surface area (Å²) in [6.45, 7) is 4.34. The van der Waals surface area contributed by atoms with Crippen LogP contribution in [0.3, 0.4) is 0 Å². The van der Waals surface area contributed by atoms with E-state index in [9.17, 15) is 5.11 Å². The van der Waals surface area contributed by atoms with Gasteiger partial charge in [-0.25, -0.2) is 0 Å². The number of fused-ring (bicyclic) bond motifs is 1. The summed E-state index contributed by atoms with van der Waals surface area (Å²) in [7, 11) is 0. The standard InChI is InChI=1S/C21H38O/c1-3-4-16-5-6-21-14-20(12-11-19(21)13-16)18-9-7-17(8-10-18)15(2)22/h15-22H,3-14H2,1-2H3/t15?,16-,17?,18?,19-,20+,21+/m0/s1. The maximum Gasteiger partial charge on any atom is 0.0540 e. The van der Waals surface area contributed by atoms with Crippen LogP contribution in [0.5, 0.6) is 0 Å². The van der Waals surface area contributed by atoms with Gasteiger partial charge in [0, 0.05) is 0 Å². The highest BCUT2D eigenvalue weighted by Crippen LogP contribution is 2.49. The second-order valence-electron chi connectivity index (χ2n) is 8.98. The van der Waals surface area contributed by atoms with E-state index in [2.05, 4.69) is 6.92 Å². The highest BCUT2D eigenvalue weighted by molar-refractivity contribution is 4.89. The molecule has 0 radical (unpaired) electrons. The first kappa shape index (κ1) is 16.8. The Morgan fingerprint density at radius 1 is 0.773 bits per heavy atom. The molecule has 1 heteroatoms. The molecule has 0 aliphatic heterocycles. The molecule has 0 aromatic carbocycles. The molecule has 0 aromatic heterocycles. The first-order valence-electron chi connectivity index (χ1n) is 10.3. The van der Waals surface area contributed by atoms with Crippen molar-refractivity contribution >= 4 is 0 Å². The van der Waals surface area contributed by atoms with Crippen molar-refractivity contribution in [3.8, 4) is 0 Å². The molecule has 3 saturated carbocycles. The van der Waals surface area contributed by atoms with E-state index >= 15 is 0 Å². The van der Waals surface area contributed by atoms with Gasteiger partial charge >= 0.3 is 0 Å². The van der Waals surface area contributed by atoms with E-state index < -0.39 is 0 Å². The smallest absolute Gasteiger partial charge is 0.0540 e. The van der Waals surface area contributed by atoms with Gasteiger partial charge in [0.1, 0.15) is 0 Å². The molecule has 0 saturated heterocycles. The van der Waals surface area contributed by atoms with Crippen LogP contribution in [0, 0.1) is 35.5 Å². The lowest BCUT2D eigenvalue weighted by atomic mass is 9.60. The molecule has 0 bridgehead atoms. The van der Waals surface area contributed by atoms with Crippen LogP contribution in [-0.4, -0.2) is 11.2 Å². The minimum absolute atomic E-state index is 0.0782. The average Bonchev–Trinajstić information content (AvgIpc) is 2.55. The van der Waals surface area contributed by atoms with Crippen LogP contribution < -0.4 is 0 Å². The van der Waals surface area contributed by atoms with Crippen molar-refractivity contribution in [2.75, 3.05) is 0 Å². The fraction of sp³-hybridized carbons (Fsp3) is 1.00. The molecule has 0 heterocycles. The van der Waals surface area contributed by atoms with Crippen molar-refractivity contribution in [2.24, 2.45) is 35.5 Å². The van der Waals surface area contributed by atoms with Gasteiger partial charge in [0.05, 0.1) is 6.10 Å². The number of aliphatic hydroxyl groups is 1. The Hall–Kier alpha value is -0.0400. The quantitative estimate of drug-likeness (QED) is 0.695. The van der Waals surface area contributed by atoms with Crippen molar-refractivity contribution in [3.63, 3.8) is 0 Å². The third-order valence-corrected chi connectivity index (χ3v) is 7.62. The van der Waals surface area contributed by atoms with E-state index in [4.69, 9.17) is 0 Å².